The smallest absolute Gasteiger partial charge is 0.238 e. The second kappa shape index (κ2) is 8.56. The lowest BCUT2D eigenvalue weighted by Gasteiger charge is -2.26. The number of nitrogens with zero attached hydrogens (tertiary/aromatic N) is 2. The highest BCUT2D eigenvalue weighted by atomic mass is 16.6. The number of fused-ring (bicyclic) bond motifs is 1. The van der Waals surface area contributed by atoms with E-state index in [1.54, 1.807) is 0 Å². The fourth-order valence-corrected chi connectivity index (χ4v) is 4.78. The maximum atomic E-state index is 12.7. The molecule has 0 radical (unpaired) electrons. The van der Waals surface area contributed by atoms with Gasteiger partial charge in [0.2, 0.25) is 5.91 Å². The van der Waals surface area contributed by atoms with E-state index in [1.807, 2.05) is 18.2 Å². The summed E-state index contributed by atoms with van der Waals surface area (Å²) in [5, 5.41) is 3.06. The number of carbonyl (C=O) groups is 1. The van der Waals surface area contributed by atoms with Crippen molar-refractivity contribution in [2.45, 2.75) is 31.7 Å². The molecule has 6 nitrogen and oxygen atoms in total. The highest BCUT2D eigenvalue weighted by molar-refractivity contribution is 5.92. The molecule has 158 valence electrons. The molecule has 3 aliphatic rings. The van der Waals surface area contributed by atoms with Crippen molar-refractivity contribution >= 4 is 17.3 Å². The van der Waals surface area contributed by atoms with Crippen LogP contribution in [0.3, 0.4) is 0 Å². The van der Waals surface area contributed by atoms with Gasteiger partial charge in [-0.3, -0.25) is 9.69 Å². The van der Waals surface area contributed by atoms with Crippen LogP contribution in [0.5, 0.6) is 11.5 Å². The molecule has 2 aromatic rings. The summed E-state index contributed by atoms with van der Waals surface area (Å²) in [5.41, 5.74) is 3.29. The van der Waals surface area contributed by atoms with Crippen molar-refractivity contribution < 1.29 is 14.3 Å². The zero-order valence-corrected chi connectivity index (χ0v) is 17.3. The van der Waals surface area contributed by atoms with Gasteiger partial charge in [0.05, 0.1) is 6.54 Å². The lowest BCUT2D eigenvalue weighted by molar-refractivity contribution is -0.117. The van der Waals surface area contributed by atoms with Gasteiger partial charge in [-0.05, 0) is 74.2 Å². The lowest BCUT2D eigenvalue weighted by atomic mass is 10.0. The first-order valence-corrected chi connectivity index (χ1v) is 11.0. The molecular weight excluding hydrogens is 378 g/mol. The van der Waals surface area contributed by atoms with Gasteiger partial charge in [0.1, 0.15) is 13.2 Å². The maximum Gasteiger partial charge on any atom is 0.238 e. The molecule has 3 aliphatic heterocycles. The fraction of sp³-hybridized carbons (Fsp3) is 0.458. The zero-order chi connectivity index (χ0) is 20.3. The number of ether oxygens (including phenoxy) is 2. The molecule has 1 atom stereocenters. The highest BCUT2D eigenvalue weighted by Gasteiger charge is 2.28. The van der Waals surface area contributed by atoms with E-state index in [0.29, 0.717) is 19.8 Å². The van der Waals surface area contributed by atoms with Gasteiger partial charge in [0.15, 0.2) is 11.5 Å². The first kappa shape index (κ1) is 19.2. The monoisotopic (exact) mass is 407 g/mol. The van der Waals surface area contributed by atoms with Gasteiger partial charge in [0, 0.05) is 30.5 Å². The molecule has 2 aromatic carbocycles. The SMILES string of the molecule is O=C(CN1CCC[C@@H]1c1ccc2c(c1)OCCO2)Nc1ccc(N2CCCC2)cc1. The van der Waals surface area contributed by atoms with Crippen LogP contribution in [0, 0.1) is 0 Å². The summed E-state index contributed by atoms with van der Waals surface area (Å²) in [7, 11) is 0. The normalized spacial score (nSPS) is 21.1. The molecule has 5 rings (SSSR count). The first-order chi connectivity index (χ1) is 14.8. The molecule has 0 spiro atoms. The van der Waals surface area contributed by atoms with E-state index < -0.39 is 0 Å². The third kappa shape index (κ3) is 4.10. The van der Waals surface area contributed by atoms with Gasteiger partial charge in [-0.2, -0.15) is 0 Å². The Morgan fingerprint density at radius 2 is 1.70 bits per heavy atom. The molecule has 0 bridgehead atoms. The second-order valence-corrected chi connectivity index (χ2v) is 8.32. The number of anilines is 2. The summed E-state index contributed by atoms with van der Waals surface area (Å²) in [6.45, 7) is 4.77. The van der Waals surface area contributed by atoms with Crippen molar-refractivity contribution in [1.82, 2.24) is 4.90 Å². The van der Waals surface area contributed by atoms with Gasteiger partial charge in [-0.25, -0.2) is 0 Å². The van der Waals surface area contributed by atoms with Crippen LogP contribution in [0.15, 0.2) is 42.5 Å². The molecule has 2 saturated heterocycles. The van der Waals surface area contributed by atoms with E-state index in [0.717, 1.165) is 49.7 Å². The Labute approximate surface area is 177 Å². The number of rotatable bonds is 5. The molecule has 0 aromatic heterocycles. The summed E-state index contributed by atoms with van der Waals surface area (Å²) in [6, 6.07) is 14.6. The number of hydrogen-bond acceptors (Lipinski definition) is 5. The molecule has 3 heterocycles. The van der Waals surface area contributed by atoms with Crippen molar-refractivity contribution in [3.8, 4) is 11.5 Å². The fourth-order valence-electron chi connectivity index (χ4n) is 4.78. The van der Waals surface area contributed by atoms with Gasteiger partial charge in [0.25, 0.3) is 0 Å². The summed E-state index contributed by atoms with van der Waals surface area (Å²) in [5.74, 6) is 1.66. The summed E-state index contributed by atoms with van der Waals surface area (Å²) in [6.07, 6.45) is 4.67. The van der Waals surface area contributed by atoms with Crippen LogP contribution in [0.25, 0.3) is 0 Å². The van der Waals surface area contributed by atoms with E-state index >= 15 is 0 Å². The van der Waals surface area contributed by atoms with Crippen LogP contribution in [0.2, 0.25) is 0 Å². The number of hydrogen-bond donors (Lipinski definition) is 1. The Morgan fingerprint density at radius 1 is 0.933 bits per heavy atom. The van der Waals surface area contributed by atoms with Crippen molar-refractivity contribution in [2.24, 2.45) is 0 Å². The van der Waals surface area contributed by atoms with Gasteiger partial charge in [-0.15, -0.1) is 0 Å². The molecular formula is C24H29N3O3. The Bertz CT molecular complexity index is 893. The van der Waals surface area contributed by atoms with Crippen molar-refractivity contribution in [3.05, 3.63) is 48.0 Å². The largest absolute Gasteiger partial charge is 0.486 e. The van der Waals surface area contributed by atoms with Crippen molar-refractivity contribution in [2.75, 3.05) is 49.6 Å². The van der Waals surface area contributed by atoms with Gasteiger partial charge < -0.3 is 19.7 Å². The minimum Gasteiger partial charge on any atom is -0.486 e. The van der Waals surface area contributed by atoms with E-state index in [4.69, 9.17) is 9.47 Å². The maximum absolute atomic E-state index is 12.7. The molecule has 6 heteroatoms. The van der Waals surface area contributed by atoms with E-state index in [2.05, 4.69) is 39.4 Å². The van der Waals surface area contributed by atoms with Crippen molar-refractivity contribution in [1.29, 1.82) is 0 Å². The average molecular weight is 408 g/mol. The van der Waals surface area contributed by atoms with Crippen LogP contribution >= 0.6 is 0 Å². The number of nitrogens with one attached hydrogen (secondary N) is 1. The Hall–Kier alpha value is -2.73. The topological polar surface area (TPSA) is 54.0 Å². The van der Waals surface area contributed by atoms with Crippen LogP contribution < -0.4 is 19.7 Å². The second-order valence-electron chi connectivity index (χ2n) is 8.32. The molecule has 30 heavy (non-hydrogen) atoms. The first-order valence-electron chi connectivity index (χ1n) is 11.0. The highest BCUT2D eigenvalue weighted by Crippen LogP contribution is 2.38. The van der Waals surface area contributed by atoms with Gasteiger partial charge >= 0.3 is 0 Å². The third-order valence-electron chi connectivity index (χ3n) is 6.28. The van der Waals surface area contributed by atoms with Crippen LogP contribution in [0.4, 0.5) is 11.4 Å². The number of benzene rings is 2. The van der Waals surface area contributed by atoms with E-state index in [-0.39, 0.29) is 11.9 Å². The summed E-state index contributed by atoms with van der Waals surface area (Å²) in [4.78, 5) is 17.4. The van der Waals surface area contributed by atoms with Crippen molar-refractivity contribution in [3.63, 3.8) is 0 Å². The van der Waals surface area contributed by atoms with Crippen LogP contribution in [-0.2, 0) is 4.79 Å². The number of amides is 1. The predicted octanol–water partition coefficient (Wildman–Crippen LogP) is 3.83. The molecule has 0 unspecified atom stereocenters. The minimum absolute atomic E-state index is 0.0355. The summed E-state index contributed by atoms with van der Waals surface area (Å²) < 4.78 is 11.4. The Morgan fingerprint density at radius 3 is 2.50 bits per heavy atom. The zero-order valence-electron chi connectivity index (χ0n) is 17.3. The molecule has 2 fully saturated rings. The quantitative estimate of drug-likeness (QED) is 0.816. The molecule has 1 amide bonds. The average Bonchev–Trinajstić information content (AvgIpc) is 3.46. The Kier molecular flexibility index (Phi) is 5.49. The number of likely N-dealkylation sites (tertiary alicyclic amines) is 1. The standard InChI is InChI=1S/C24H29N3O3/c28-24(25-19-6-8-20(9-7-19)26-11-1-2-12-26)17-27-13-3-4-21(27)18-5-10-22-23(16-18)30-15-14-29-22/h5-10,16,21H,1-4,11-15,17H2,(H,25,28)/t21-/m1/s1. The van der Waals surface area contributed by atoms with Gasteiger partial charge in [-0.1, -0.05) is 6.07 Å². The van der Waals surface area contributed by atoms with E-state index in [9.17, 15) is 4.79 Å². The predicted molar refractivity (Wildman–Crippen MR) is 117 cm³/mol. The summed E-state index contributed by atoms with van der Waals surface area (Å²) >= 11 is 0. The van der Waals surface area contributed by atoms with Crippen LogP contribution in [0.1, 0.15) is 37.3 Å². The molecule has 0 aliphatic carbocycles. The molecule has 0 saturated carbocycles. The minimum atomic E-state index is 0.0355. The van der Waals surface area contributed by atoms with Crippen LogP contribution in [-0.4, -0.2) is 50.2 Å². The number of carbonyl (C=O) groups excluding carboxylic acids is 1. The van der Waals surface area contributed by atoms with E-state index in [1.165, 1.54) is 24.1 Å². The lowest BCUT2D eigenvalue weighted by Crippen LogP contribution is -2.33. The molecule has 1 N–H and O–H groups in total. The Balaban J connectivity index is 1.21. The third-order valence-corrected chi connectivity index (χ3v) is 6.28.